The highest BCUT2D eigenvalue weighted by atomic mass is 127. The number of anilines is 1. The number of hydrogen-bond donors (Lipinski definition) is 2. The van der Waals surface area contributed by atoms with E-state index >= 15 is 0 Å². The summed E-state index contributed by atoms with van der Waals surface area (Å²) in [6.07, 6.45) is 0. The van der Waals surface area contributed by atoms with Crippen molar-refractivity contribution in [1.29, 1.82) is 0 Å². The molecule has 34 heavy (non-hydrogen) atoms. The minimum atomic E-state index is -0.319. The molecule has 0 spiro atoms. The highest BCUT2D eigenvalue weighted by Crippen LogP contribution is 2.32. The van der Waals surface area contributed by atoms with E-state index in [1.54, 1.807) is 18.2 Å². The van der Waals surface area contributed by atoms with Crippen LogP contribution in [0.1, 0.15) is 24.2 Å². The van der Waals surface area contributed by atoms with E-state index in [0.29, 0.717) is 46.5 Å². The average Bonchev–Trinajstić information content (AvgIpc) is 3.22. The van der Waals surface area contributed by atoms with E-state index in [4.69, 9.17) is 21.4 Å². The molecule has 1 aromatic heterocycles. The van der Waals surface area contributed by atoms with E-state index in [1.807, 2.05) is 42.5 Å². The van der Waals surface area contributed by atoms with Gasteiger partial charge in [0, 0.05) is 19.3 Å². The van der Waals surface area contributed by atoms with Gasteiger partial charge in [0.15, 0.2) is 10.7 Å². The van der Waals surface area contributed by atoms with Gasteiger partial charge in [-0.05, 0) is 111 Å². The van der Waals surface area contributed by atoms with Crippen LogP contribution < -0.4 is 15.4 Å². The van der Waals surface area contributed by atoms with Crippen LogP contribution in [0.15, 0.2) is 69.6 Å². The summed E-state index contributed by atoms with van der Waals surface area (Å²) < 4.78 is 13.6. The van der Waals surface area contributed by atoms with Crippen molar-refractivity contribution in [2.45, 2.75) is 13.8 Å². The van der Waals surface area contributed by atoms with Crippen LogP contribution in [0, 0.1) is 9.49 Å². The number of carbonyl (C=O) groups excluding carboxylic acids is 1. The van der Waals surface area contributed by atoms with E-state index in [9.17, 15) is 4.79 Å². The van der Waals surface area contributed by atoms with Crippen molar-refractivity contribution in [3.63, 3.8) is 0 Å². The second-order valence-corrected chi connectivity index (χ2v) is 10.5. The number of aromatic nitrogens is 1. The second kappa shape index (κ2) is 10.8. The molecule has 6 nitrogen and oxygen atoms in total. The van der Waals surface area contributed by atoms with Gasteiger partial charge < -0.3 is 14.5 Å². The number of carbonyl (C=O) groups is 1. The molecule has 3 aromatic carbocycles. The van der Waals surface area contributed by atoms with Gasteiger partial charge in [-0.25, -0.2) is 4.98 Å². The number of ether oxygens (including phenoxy) is 1. The minimum Gasteiger partial charge on any atom is -0.493 e. The Bertz CT molecular complexity index is 1370. The van der Waals surface area contributed by atoms with Crippen LogP contribution in [0.3, 0.4) is 0 Å². The lowest BCUT2D eigenvalue weighted by Crippen LogP contribution is -2.34. The molecule has 0 radical (unpaired) electrons. The SMILES string of the molecule is CC(C)COc1cccc(C(=O)NC(=S)Nc2ccc3oc(-c4cc(I)ccc4Br)nc3c2)c1. The molecule has 0 bridgehead atoms. The number of halogens is 2. The molecule has 0 aliphatic heterocycles. The molecule has 4 rings (SSSR count). The van der Waals surface area contributed by atoms with Crippen LogP contribution in [-0.2, 0) is 0 Å². The normalized spacial score (nSPS) is 11.0. The first-order valence-electron chi connectivity index (χ1n) is 10.5. The summed E-state index contributed by atoms with van der Waals surface area (Å²) in [5, 5.41) is 5.92. The van der Waals surface area contributed by atoms with E-state index in [1.165, 1.54) is 0 Å². The summed E-state index contributed by atoms with van der Waals surface area (Å²) in [5.41, 5.74) is 3.35. The van der Waals surface area contributed by atoms with Gasteiger partial charge in [0.2, 0.25) is 5.89 Å². The molecular formula is C25H21BrIN3O3S. The number of nitrogens with zero attached hydrogens (tertiary/aromatic N) is 1. The average molecular weight is 650 g/mol. The first kappa shape index (κ1) is 24.6. The molecule has 0 atom stereocenters. The third kappa shape index (κ3) is 6.13. The van der Waals surface area contributed by atoms with E-state index in [2.05, 4.69) is 68.0 Å². The fraction of sp³-hybridized carbons (Fsp3) is 0.160. The standard InChI is InChI=1S/C25H21BrIN3O3S/c1-14(2)13-32-18-5-3-4-15(10-18)23(31)30-25(34)28-17-7-9-22-21(12-17)29-24(33-22)19-11-16(27)6-8-20(19)26/h3-12,14H,13H2,1-2H3,(H2,28,30,31,34). The lowest BCUT2D eigenvalue weighted by molar-refractivity contribution is 0.0977. The Hall–Kier alpha value is -2.50. The maximum Gasteiger partial charge on any atom is 0.257 e. The summed E-state index contributed by atoms with van der Waals surface area (Å²) in [5.74, 6) is 1.24. The zero-order chi connectivity index (χ0) is 24.2. The van der Waals surface area contributed by atoms with Crippen LogP contribution in [0.4, 0.5) is 5.69 Å². The summed E-state index contributed by atoms with van der Waals surface area (Å²) in [4.78, 5) is 17.3. The number of amides is 1. The highest BCUT2D eigenvalue weighted by molar-refractivity contribution is 14.1. The Kier molecular flexibility index (Phi) is 7.84. The van der Waals surface area contributed by atoms with Crippen molar-refractivity contribution >= 4 is 78.5 Å². The lowest BCUT2D eigenvalue weighted by atomic mass is 10.2. The number of hydrogen-bond acceptors (Lipinski definition) is 5. The number of nitrogens with one attached hydrogen (secondary N) is 2. The summed E-state index contributed by atoms with van der Waals surface area (Å²) in [6.45, 7) is 4.72. The van der Waals surface area contributed by atoms with Crippen molar-refractivity contribution in [2.24, 2.45) is 5.92 Å². The van der Waals surface area contributed by atoms with Gasteiger partial charge in [0.05, 0.1) is 12.2 Å². The Balaban J connectivity index is 1.44. The third-order valence-electron chi connectivity index (χ3n) is 4.71. The quantitative estimate of drug-likeness (QED) is 0.173. The fourth-order valence-electron chi connectivity index (χ4n) is 3.11. The number of fused-ring (bicyclic) bond motifs is 1. The predicted octanol–water partition coefficient (Wildman–Crippen LogP) is 7.02. The largest absolute Gasteiger partial charge is 0.493 e. The second-order valence-electron chi connectivity index (χ2n) is 7.97. The number of rotatable bonds is 6. The molecule has 1 amide bonds. The van der Waals surface area contributed by atoms with Crippen molar-refractivity contribution in [1.82, 2.24) is 10.3 Å². The molecule has 4 aromatic rings. The molecule has 9 heteroatoms. The number of oxazole rings is 1. The molecule has 0 unspecified atom stereocenters. The predicted molar refractivity (Wildman–Crippen MR) is 150 cm³/mol. The van der Waals surface area contributed by atoms with Gasteiger partial charge in [-0.3, -0.25) is 10.1 Å². The molecule has 0 saturated heterocycles. The Morgan fingerprint density at radius 3 is 2.79 bits per heavy atom. The molecule has 1 heterocycles. The number of benzene rings is 3. The van der Waals surface area contributed by atoms with Crippen LogP contribution in [0.25, 0.3) is 22.6 Å². The van der Waals surface area contributed by atoms with Crippen LogP contribution in [-0.4, -0.2) is 22.6 Å². The Morgan fingerprint density at radius 2 is 2.00 bits per heavy atom. The van der Waals surface area contributed by atoms with Crippen LogP contribution >= 0.6 is 50.7 Å². The first-order chi connectivity index (χ1) is 16.3. The van der Waals surface area contributed by atoms with Gasteiger partial charge in [-0.15, -0.1) is 0 Å². The van der Waals surface area contributed by atoms with Crippen LogP contribution in [0.5, 0.6) is 5.75 Å². The van der Waals surface area contributed by atoms with Crippen molar-refractivity contribution in [3.05, 3.63) is 74.3 Å². The maximum absolute atomic E-state index is 12.6. The summed E-state index contributed by atoms with van der Waals surface area (Å²) in [7, 11) is 0. The molecule has 0 aliphatic rings. The summed E-state index contributed by atoms with van der Waals surface area (Å²) in [6, 6.07) is 18.4. The van der Waals surface area contributed by atoms with Gasteiger partial charge in [-0.1, -0.05) is 19.9 Å². The van der Waals surface area contributed by atoms with Gasteiger partial charge in [-0.2, -0.15) is 0 Å². The molecule has 0 saturated carbocycles. The monoisotopic (exact) mass is 649 g/mol. The van der Waals surface area contributed by atoms with Crippen molar-refractivity contribution in [3.8, 4) is 17.2 Å². The lowest BCUT2D eigenvalue weighted by Gasteiger charge is -2.11. The maximum atomic E-state index is 12.6. The Morgan fingerprint density at radius 1 is 1.18 bits per heavy atom. The Labute approximate surface area is 224 Å². The molecule has 0 aliphatic carbocycles. The van der Waals surface area contributed by atoms with E-state index in [-0.39, 0.29) is 11.0 Å². The van der Waals surface area contributed by atoms with Gasteiger partial charge in [0.25, 0.3) is 5.91 Å². The minimum absolute atomic E-state index is 0.182. The first-order valence-corrected chi connectivity index (χ1v) is 12.8. The van der Waals surface area contributed by atoms with E-state index in [0.717, 1.165) is 13.6 Å². The molecule has 174 valence electrons. The van der Waals surface area contributed by atoms with E-state index < -0.39 is 0 Å². The highest BCUT2D eigenvalue weighted by Gasteiger charge is 2.14. The zero-order valence-electron chi connectivity index (χ0n) is 18.4. The molecular weight excluding hydrogens is 629 g/mol. The third-order valence-corrected chi connectivity index (χ3v) is 6.28. The van der Waals surface area contributed by atoms with Crippen LogP contribution in [0.2, 0.25) is 0 Å². The number of thiocarbonyl (C=S) groups is 1. The zero-order valence-corrected chi connectivity index (χ0v) is 23.0. The summed E-state index contributed by atoms with van der Waals surface area (Å²) >= 11 is 11.1. The fourth-order valence-corrected chi connectivity index (χ4v) is 4.23. The van der Waals surface area contributed by atoms with Crippen molar-refractivity contribution in [2.75, 3.05) is 11.9 Å². The van der Waals surface area contributed by atoms with Gasteiger partial charge >= 0.3 is 0 Å². The van der Waals surface area contributed by atoms with Crippen molar-refractivity contribution < 1.29 is 13.9 Å². The topological polar surface area (TPSA) is 76.4 Å². The smallest absolute Gasteiger partial charge is 0.257 e. The molecule has 0 fully saturated rings. The van der Waals surface area contributed by atoms with Gasteiger partial charge in [0.1, 0.15) is 11.3 Å². The molecule has 2 N–H and O–H groups in total.